The van der Waals surface area contributed by atoms with Crippen LogP contribution in [0.1, 0.15) is 17.8 Å². The topological polar surface area (TPSA) is 168 Å². The minimum absolute atomic E-state index is 0.0439. The number of aliphatic imine (C=N–C) groups is 1. The number of hydrogen-bond donors (Lipinski definition) is 5. The van der Waals surface area contributed by atoms with Gasteiger partial charge >= 0.3 is 10.4 Å². The van der Waals surface area contributed by atoms with Crippen LogP contribution in [0, 0.1) is 0 Å². The van der Waals surface area contributed by atoms with Crippen molar-refractivity contribution in [1.82, 2.24) is 9.97 Å². The van der Waals surface area contributed by atoms with Gasteiger partial charge in [-0.25, -0.2) is 4.98 Å². The number of hydrogen-bond acceptors (Lipinski definition) is 4. The lowest BCUT2D eigenvalue weighted by Gasteiger charge is -1.88. The molecule has 0 aromatic carbocycles. The Balaban J connectivity index is 0.000000249. The summed E-state index contributed by atoms with van der Waals surface area (Å²) in [5, 5.41) is 0. The Kier molecular flexibility index (Phi) is 4.04. The van der Waals surface area contributed by atoms with Crippen LogP contribution in [-0.2, 0) is 23.2 Å². The van der Waals surface area contributed by atoms with Gasteiger partial charge in [-0.05, 0) is 19.3 Å². The zero-order valence-electron chi connectivity index (χ0n) is 8.79. The molecule has 1 aliphatic carbocycles. The normalized spacial score (nSPS) is 13.5. The molecule has 1 aliphatic rings. The first-order valence-electron chi connectivity index (χ1n) is 4.63. The van der Waals surface area contributed by atoms with Crippen molar-refractivity contribution in [3.05, 3.63) is 11.4 Å². The molecule has 7 N–H and O–H groups in total. The monoisotopic (exact) mass is 263 g/mol. The van der Waals surface area contributed by atoms with Crippen LogP contribution in [0.5, 0.6) is 0 Å². The van der Waals surface area contributed by atoms with Gasteiger partial charge in [0.05, 0.1) is 5.69 Å². The molecule has 17 heavy (non-hydrogen) atoms. The van der Waals surface area contributed by atoms with Gasteiger partial charge in [-0.3, -0.25) is 9.11 Å². The van der Waals surface area contributed by atoms with Crippen LogP contribution in [0.4, 0.5) is 5.95 Å². The summed E-state index contributed by atoms with van der Waals surface area (Å²) in [6.07, 6.45) is 3.27. The number of nitrogens with zero attached hydrogens (tertiary/aromatic N) is 2. The van der Waals surface area contributed by atoms with Gasteiger partial charge in [0.15, 0.2) is 5.96 Å². The van der Waals surface area contributed by atoms with Gasteiger partial charge in [0.1, 0.15) is 0 Å². The first-order chi connectivity index (χ1) is 7.75. The SMILES string of the molecule is NC(N)=Nc1nc2c([nH]1)CCC2.O=S(=O)(O)O. The van der Waals surface area contributed by atoms with Crippen molar-refractivity contribution in [2.45, 2.75) is 19.3 Å². The number of H-pyrrole nitrogens is 1. The molecule has 1 heterocycles. The van der Waals surface area contributed by atoms with E-state index in [1.807, 2.05) is 0 Å². The number of nitrogens with two attached hydrogens (primary N) is 2. The van der Waals surface area contributed by atoms with Crippen LogP contribution in [-0.4, -0.2) is 33.5 Å². The average molecular weight is 263 g/mol. The van der Waals surface area contributed by atoms with Crippen molar-refractivity contribution in [2.75, 3.05) is 0 Å². The highest BCUT2D eigenvalue weighted by atomic mass is 32.3. The highest BCUT2D eigenvalue weighted by Gasteiger charge is 2.15. The third kappa shape index (κ3) is 5.29. The predicted octanol–water partition coefficient (Wildman–Crippen LogP) is -0.850. The number of aryl methyl sites for hydroxylation is 2. The fourth-order valence-corrected chi connectivity index (χ4v) is 1.45. The third-order valence-electron chi connectivity index (χ3n) is 1.93. The second-order valence-electron chi connectivity index (χ2n) is 3.32. The average Bonchev–Trinajstić information content (AvgIpc) is 2.57. The van der Waals surface area contributed by atoms with Crippen LogP contribution in [0.2, 0.25) is 0 Å². The third-order valence-corrected chi connectivity index (χ3v) is 1.93. The zero-order valence-corrected chi connectivity index (χ0v) is 9.61. The number of fused-ring (bicyclic) bond motifs is 1. The van der Waals surface area contributed by atoms with Gasteiger partial charge in [0, 0.05) is 5.69 Å². The smallest absolute Gasteiger partial charge is 0.370 e. The molecular weight excluding hydrogens is 250 g/mol. The molecule has 2 rings (SSSR count). The molecule has 0 atom stereocenters. The van der Waals surface area contributed by atoms with Crippen LogP contribution in [0.15, 0.2) is 4.99 Å². The minimum atomic E-state index is -4.67. The fourth-order valence-electron chi connectivity index (χ4n) is 1.45. The molecule has 0 bridgehead atoms. The van der Waals surface area contributed by atoms with E-state index in [0.717, 1.165) is 18.5 Å². The molecule has 0 amide bonds. The maximum atomic E-state index is 8.74. The maximum Gasteiger partial charge on any atom is 0.394 e. The Hall–Kier alpha value is -1.65. The van der Waals surface area contributed by atoms with Crippen molar-refractivity contribution < 1.29 is 17.5 Å². The number of rotatable bonds is 1. The van der Waals surface area contributed by atoms with Crippen molar-refractivity contribution in [1.29, 1.82) is 0 Å². The molecular formula is C7H13N5O4S. The summed E-state index contributed by atoms with van der Waals surface area (Å²) in [6.45, 7) is 0. The van der Waals surface area contributed by atoms with Gasteiger partial charge in [-0.1, -0.05) is 0 Å². The van der Waals surface area contributed by atoms with Crippen LogP contribution in [0.25, 0.3) is 0 Å². The van der Waals surface area contributed by atoms with E-state index in [1.54, 1.807) is 0 Å². The van der Waals surface area contributed by atoms with E-state index in [9.17, 15) is 0 Å². The van der Waals surface area contributed by atoms with Crippen molar-refractivity contribution >= 4 is 22.3 Å². The molecule has 0 unspecified atom stereocenters. The van der Waals surface area contributed by atoms with E-state index in [2.05, 4.69) is 15.0 Å². The molecule has 9 nitrogen and oxygen atoms in total. The van der Waals surface area contributed by atoms with Crippen molar-refractivity contribution in [3.63, 3.8) is 0 Å². The van der Waals surface area contributed by atoms with Gasteiger partial charge in [0.25, 0.3) is 0 Å². The lowest BCUT2D eigenvalue weighted by Crippen LogP contribution is -2.22. The molecule has 0 fully saturated rings. The van der Waals surface area contributed by atoms with Crippen LogP contribution >= 0.6 is 0 Å². The first-order valence-corrected chi connectivity index (χ1v) is 6.02. The Morgan fingerprint density at radius 1 is 1.35 bits per heavy atom. The number of guanidine groups is 1. The number of imidazole rings is 1. The van der Waals surface area contributed by atoms with E-state index in [4.69, 9.17) is 29.0 Å². The summed E-state index contributed by atoms with van der Waals surface area (Å²) in [5.74, 6) is 0.571. The highest BCUT2D eigenvalue weighted by Crippen LogP contribution is 2.21. The van der Waals surface area contributed by atoms with Gasteiger partial charge in [0.2, 0.25) is 5.95 Å². The first kappa shape index (κ1) is 13.4. The summed E-state index contributed by atoms with van der Waals surface area (Å²) in [5.41, 5.74) is 12.7. The molecule has 0 radical (unpaired) electrons. The maximum absolute atomic E-state index is 8.74. The molecule has 1 aromatic heterocycles. The molecule has 0 saturated carbocycles. The van der Waals surface area contributed by atoms with Crippen molar-refractivity contribution in [3.8, 4) is 0 Å². The largest absolute Gasteiger partial charge is 0.394 e. The minimum Gasteiger partial charge on any atom is -0.370 e. The molecule has 10 heteroatoms. The summed E-state index contributed by atoms with van der Waals surface area (Å²) in [7, 11) is -4.67. The number of aromatic nitrogens is 2. The Labute approximate surface area is 97.5 Å². The number of aromatic amines is 1. The standard InChI is InChI=1S/C7H11N5.H2O4S/c8-6(9)12-7-10-4-2-1-3-5(4)11-7;1-5(2,3)4/h1-3H2,(H5,8,9,10,11,12);(H2,1,2,3,4). The molecule has 0 saturated heterocycles. The fraction of sp³-hybridized carbons (Fsp3) is 0.429. The highest BCUT2D eigenvalue weighted by molar-refractivity contribution is 7.79. The van der Waals surface area contributed by atoms with Gasteiger partial charge in [-0.15, -0.1) is 0 Å². The van der Waals surface area contributed by atoms with Crippen LogP contribution < -0.4 is 11.5 Å². The second-order valence-corrected chi connectivity index (χ2v) is 4.22. The Bertz CT molecular complexity index is 487. The zero-order chi connectivity index (χ0) is 13.1. The lowest BCUT2D eigenvalue weighted by molar-refractivity contribution is 0.381. The van der Waals surface area contributed by atoms with Crippen LogP contribution in [0.3, 0.4) is 0 Å². The lowest BCUT2D eigenvalue weighted by atomic mass is 10.4. The van der Waals surface area contributed by atoms with E-state index in [-0.39, 0.29) is 5.96 Å². The van der Waals surface area contributed by atoms with E-state index >= 15 is 0 Å². The van der Waals surface area contributed by atoms with Crippen molar-refractivity contribution in [2.24, 2.45) is 16.5 Å². The Morgan fingerprint density at radius 3 is 2.41 bits per heavy atom. The summed E-state index contributed by atoms with van der Waals surface area (Å²) < 4.78 is 31.6. The predicted molar refractivity (Wildman–Crippen MR) is 60.3 cm³/mol. The van der Waals surface area contributed by atoms with Gasteiger partial charge < -0.3 is 16.5 Å². The molecule has 0 spiro atoms. The van der Waals surface area contributed by atoms with E-state index in [0.29, 0.717) is 5.95 Å². The van der Waals surface area contributed by atoms with E-state index < -0.39 is 10.4 Å². The summed E-state index contributed by atoms with van der Waals surface area (Å²) >= 11 is 0. The Morgan fingerprint density at radius 2 is 1.94 bits per heavy atom. The molecule has 1 aromatic rings. The van der Waals surface area contributed by atoms with Gasteiger partial charge in [-0.2, -0.15) is 13.4 Å². The molecule has 96 valence electrons. The summed E-state index contributed by atoms with van der Waals surface area (Å²) in [4.78, 5) is 11.1. The number of nitrogens with one attached hydrogen (secondary N) is 1. The second kappa shape index (κ2) is 5.12. The molecule has 0 aliphatic heterocycles. The van der Waals surface area contributed by atoms with E-state index in [1.165, 1.54) is 12.1 Å². The quantitative estimate of drug-likeness (QED) is 0.250. The summed E-state index contributed by atoms with van der Waals surface area (Å²) in [6, 6.07) is 0.